The predicted octanol–water partition coefficient (Wildman–Crippen LogP) is 2.62. The molecule has 1 aromatic rings. The van der Waals surface area contributed by atoms with E-state index in [2.05, 4.69) is 47.5 Å². The van der Waals surface area contributed by atoms with Crippen LogP contribution in [0.15, 0.2) is 35.9 Å². The molecule has 4 heteroatoms. The van der Waals surface area contributed by atoms with E-state index in [1.165, 1.54) is 11.1 Å². The molecule has 1 N–H and O–H groups in total. The number of carbonyl (C=O) groups excluding carboxylic acids is 1. The van der Waals surface area contributed by atoms with Crippen LogP contribution in [0, 0.1) is 0 Å². The minimum Gasteiger partial charge on any atom is -0.347 e. The van der Waals surface area contributed by atoms with Crippen LogP contribution in [0.1, 0.15) is 31.7 Å². The zero-order valence-electron chi connectivity index (χ0n) is 15.3. The molecule has 1 aliphatic rings. The van der Waals surface area contributed by atoms with Gasteiger partial charge in [-0.05, 0) is 44.8 Å². The van der Waals surface area contributed by atoms with Crippen LogP contribution in [0.25, 0.3) is 6.08 Å². The minimum absolute atomic E-state index is 0.0970. The molecule has 1 amide bonds. The number of benzene rings is 1. The van der Waals surface area contributed by atoms with Gasteiger partial charge >= 0.3 is 0 Å². The number of rotatable bonds is 8. The molecule has 1 atom stereocenters. The van der Waals surface area contributed by atoms with Gasteiger partial charge in [-0.1, -0.05) is 42.0 Å². The highest BCUT2D eigenvalue weighted by Gasteiger charge is 2.30. The van der Waals surface area contributed by atoms with E-state index >= 15 is 0 Å². The van der Waals surface area contributed by atoms with Crippen LogP contribution in [0.5, 0.6) is 0 Å². The average Bonchev–Trinajstić information content (AvgIpc) is 3.03. The maximum absolute atomic E-state index is 12.2. The molecule has 0 spiro atoms. The summed E-state index contributed by atoms with van der Waals surface area (Å²) in [7, 11) is 3.70. The van der Waals surface area contributed by atoms with Crippen molar-refractivity contribution in [2.75, 3.05) is 40.3 Å². The van der Waals surface area contributed by atoms with E-state index in [1.807, 2.05) is 20.2 Å². The monoisotopic (exact) mass is 329 g/mol. The number of hydrogen-bond donors (Lipinski definition) is 1. The van der Waals surface area contributed by atoms with Crippen molar-refractivity contribution in [3.63, 3.8) is 0 Å². The number of nitrogens with one attached hydrogen (secondary N) is 1. The third-order valence-corrected chi connectivity index (χ3v) is 4.50. The lowest BCUT2D eigenvalue weighted by atomic mass is 10.1. The van der Waals surface area contributed by atoms with Crippen molar-refractivity contribution in [3.05, 3.63) is 41.5 Å². The minimum atomic E-state index is 0.0970. The van der Waals surface area contributed by atoms with Crippen molar-refractivity contribution in [1.29, 1.82) is 0 Å². The van der Waals surface area contributed by atoms with Crippen molar-refractivity contribution in [1.82, 2.24) is 15.1 Å². The molecule has 0 unspecified atom stereocenters. The van der Waals surface area contributed by atoms with Crippen molar-refractivity contribution in [3.8, 4) is 0 Å². The van der Waals surface area contributed by atoms with Gasteiger partial charge in [0.25, 0.3) is 0 Å². The Balaban J connectivity index is 1.66. The van der Waals surface area contributed by atoms with E-state index in [1.54, 1.807) is 4.90 Å². The fourth-order valence-corrected chi connectivity index (χ4v) is 3.25. The zero-order chi connectivity index (χ0) is 17.4. The molecular formula is C20H31N3O. The molecule has 0 aliphatic carbocycles. The number of hydrogen-bond acceptors (Lipinski definition) is 3. The zero-order valence-corrected chi connectivity index (χ0v) is 15.3. The van der Waals surface area contributed by atoms with Gasteiger partial charge in [-0.25, -0.2) is 0 Å². The molecule has 2 rings (SSSR count). The first-order valence-corrected chi connectivity index (χ1v) is 8.96. The maximum Gasteiger partial charge on any atom is 0.239 e. The van der Waals surface area contributed by atoms with Crippen molar-refractivity contribution in [2.24, 2.45) is 0 Å². The fourth-order valence-electron chi connectivity index (χ4n) is 3.25. The summed E-state index contributed by atoms with van der Waals surface area (Å²) in [5.41, 5.74) is 2.59. The summed E-state index contributed by atoms with van der Waals surface area (Å²) in [6, 6.07) is 10.5. The highest BCUT2D eigenvalue weighted by atomic mass is 16.2. The average molecular weight is 329 g/mol. The van der Waals surface area contributed by atoms with Crippen LogP contribution in [0.4, 0.5) is 0 Å². The van der Waals surface area contributed by atoms with Gasteiger partial charge in [-0.15, -0.1) is 0 Å². The molecule has 4 nitrogen and oxygen atoms in total. The Morgan fingerprint density at radius 3 is 2.79 bits per heavy atom. The Hall–Kier alpha value is -1.65. The summed E-state index contributed by atoms with van der Waals surface area (Å²) in [6.45, 7) is 6.11. The first-order chi connectivity index (χ1) is 11.6. The Bertz CT molecular complexity index is 539. The smallest absolute Gasteiger partial charge is 0.239 e. The van der Waals surface area contributed by atoms with Crippen LogP contribution in [0.2, 0.25) is 0 Å². The van der Waals surface area contributed by atoms with Crippen molar-refractivity contribution < 1.29 is 4.79 Å². The van der Waals surface area contributed by atoms with Crippen LogP contribution in [-0.4, -0.2) is 62.0 Å². The third-order valence-electron chi connectivity index (χ3n) is 4.50. The molecule has 1 heterocycles. The molecule has 1 aliphatic heterocycles. The number of likely N-dealkylation sites (tertiary alicyclic amines) is 1. The molecule has 132 valence electrons. The van der Waals surface area contributed by atoms with Gasteiger partial charge in [0, 0.05) is 27.2 Å². The predicted molar refractivity (Wildman–Crippen MR) is 101 cm³/mol. The Morgan fingerprint density at radius 2 is 2.08 bits per heavy atom. The van der Waals surface area contributed by atoms with Gasteiger partial charge in [0.1, 0.15) is 0 Å². The quantitative estimate of drug-likeness (QED) is 0.745. The molecular weight excluding hydrogens is 298 g/mol. The second kappa shape index (κ2) is 9.60. The molecule has 1 saturated heterocycles. The van der Waals surface area contributed by atoms with Gasteiger partial charge in [0.15, 0.2) is 0 Å². The fraction of sp³-hybridized carbons (Fsp3) is 0.550. The number of likely N-dealkylation sites (N-methyl/N-ethyl adjacent to an activating group) is 1. The lowest BCUT2D eigenvalue weighted by molar-refractivity contribution is -0.133. The summed E-state index contributed by atoms with van der Waals surface area (Å²) >= 11 is 0. The van der Waals surface area contributed by atoms with Crippen molar-refractivity contribution in [2.45, 2.75) is 32.2 Å². The van der Waals surface area contributed by atoms with Gasteiger partial charge < -0.3 is 10.2 Å². The molecule has 0 aromatic heterocycles. The second-order valence-electron chi connectivity index (χ2n) is 6.86. The Labute approximate surface area is 146 Å². The van der Waals surface area contributed by atoms with E-state index in [-0.39, 0.29) is 11.9 Å². The largest absolute Gasteiger partial charge is 0.347 e. The molecule has 0 radical (unpaired) electrons. The number of amides is 1. The van der Waals surface area contributed by atoms with E-state index in [0.717, 1.165) is 45.4 Å². The second-order valence-corrected chi connectivity index (χ2v) is 6.86. The van der Waals surface area contributed by atoms with E-state index < -0.39 is 0 Å². The standard InChI is InChI=1S/C20H31N3O/c1-17(15-18-9-5-4-6-10-18)16-21-12-8-14-23-13-7-11-19(23)20(24)22(2)3/h4-6,9-10,15,19,21H,7-8,11-14,16H2,1-3H3/t19-/m0/s1. The molecule has 0 saturated carbocycles. The molecule has 24 heavy (non-hydrogen) atoms. The Morgan fingerprint density at radius 1 is 1.33 bits per heavy atom. The number of nitrogens with zero attached hydrogens (tertiary/aromatic N) is 2. The van der Waals surface area contributed by atoms with Crippen LogP contribution in [0.3, 0.4) is 0 Å². The van der Waals surface area contributed by atoms with Gasteiger partial charge in [0.2, 0.25) is 5.91 Å². The van der Waals surface area contributed by atoms with Crippen molar-refractivity contribution >= 4 is 12.0 Å². The van der Waals surface area contributed by atoms with E-state index in [4.69, 9.17) is 0 Å². The Kier molecular flexibility index (Phi) is 7.47. The molecule has 1 fully saturated rings. The summed E-state index contributed by atoms with van der Waals surface area (Å²) in [6.07, 6.45) is 5.44. The highest BCUT2D eigenvalue weighted by molar-refractivity contribution is 5.81. The van der Waals surface area contributed by atoms with E-state index in [9.17, 15) is 4.79 Å². The molecule has 0 bridgehead atoms. The van der Waals surface area contributed by atoms with Gasteiger partial charge in [-0.2, -0.15) is 0 Å². The van der Waals surface area contributed by atoms with Crippen LogP contribution in [-0.2, 0) is 4.79 Å². The topological polar surface area (TPSA) is 35.6 Å². The van der Waals surface area contributed by atoms with Gasteiger partial charge in [0.05, 0.1) is 6.04 Å². The lowest BCUT2D eigenvalue weighted by Gasteiger charge is -2.26. The molecule has 1 aromatic carbocycles. The number of carbonyl (C=O) groups is 1. The van der Waals surface area contributed by atoms with Crippen LogP contribution >= 0.6 is 0 Å². The summed E-state index contributed by atoms with van der Waals surface area (Å²) in [5, 5.41) is 3.51. The third kappa shape index (κ3) is 5.77. The summed E-state index contributed by atoms with van der Waals surface area (Å²) in [5.74, 6) is 0.252. The summed E-state index contributed by atoms with van der Waals surface area (Å²) in [4.78, 5) is 16.2. The lowest BCUT2D eigenvalue weighted by Crippen LogP contribution is -2.43. The summed E-state index contributed by atoms with van der Waals surface area (Å²) < 4.78 is 0. The first kappa shape index (κ1) is 18.7. The normalized spacial score (nSPS) is 18.8. The first-order valence-electron chi connectivity index (χ1n) is 8.96. The van der Waals surface area contributed by atoms with Crippen LogP contribution < -0.4 is 5.32 Å². The SMILES string of the molecule is CC(=Cc1ccccc1)CNCCCN1CCC[C@H]1C(=O)N(C)C. The van der Waals surface area contributed by atoms with E-state index in [0.29, 0.717) is 0 Å². The highest BCUT2D eigenvalue weighted by Crippen LogP contribution is 2.18. The van der Waals surface area contributed by atoms with Gasteiger partial charge in [-0.3, -0.25) is 9.69 Å². The maximum atomic E-state index is 12.2.